The van der Waals surface area contributed by atoms with Crippen molar-refractivity contribution in [1.29, 1.82) is 0 Å². The quantitative estimate of drug-likeness (QED) is 0.788. The van der Waals surface area contributed by atoms with E-state index in [1.807, 2.05) is 11.8 Å². The maximum Gasteiger partial charge on any atom is 0.0344 e. The molecule has 1 heterocycles. The molecule has 0 atom stereocenters. The number of hydrogen-bond donors (Lipinski definition) is 1. The molecule has 2 rings (SSSR count). The van der Waals surface area contributed by atoms with Crippen LogP contribution in [0.5, 0.6) is 0 Å². The van der Waals surface area contributed by atoms with Gasteiger partial charge in [-0.05, 0) is 12.1 Å². The maximum absolute atomic E-state index is 3.26. The molecular formula is C9H12ClNS. The molecule has 0 radical (unpaired) electrons. The van der Waals surface area contributed by atoms with Crippen LogP contribution in [-0.2, 0) is 0 Å². The highest BCUT2D eigenvalue weighted by molar-refractivity contribution is 8.00. The number of rotatable bonds is 2. The van der Waals surface area contributed by atoms with Gasteiger partial charge < -0.3 is 5.32 Å². The van der Waals surface area contributed by atoms with Crippen LogP contribution in [-0.4, -0.2) is 18.3 Å². The zero-order chi connectivity index (χ0) is 7.52. The first-order valence-electron chi connectivity index (χ1n) is 3.87. The Hall–Kier alpha value is -0.180. The number of nitrogens with one attached hydrogen (secondary N) is 1. The lowest BCUT2D eigenvalue weighted by Gasteiger charge is -2.26. The van der Waals surface area contributed by atoms with Gasteiger partial charge in [-0.3, -0.25) is 0 Å². The summed E-state index contributed by atoms with van der Waals surface area (Å²) in [6.45, 7) is 2.33. The van der Waals surface area contributed by atoms with Gasteiger partial charge in [-0.15, -0.1) is 24.2 Å². The van der Waals surface area contributed by atoms with E-state index < -0.39 is 0 Å². The monoisotopic (exact) mass is 201 g/mol. The van der Waals surface area contributed by atoms with Gasteiger partial charge in [-0.1, -0.05) is 18.2 Å². The summed E-state index contributed by atoms with van der Waals surface area (Å²) in [5.74, 6) is 0. The summed E-state index contributed by atoms with van der Waals surface area (Å²) in [5, 5.41) is 4.06. The van der Waals surface area contributed by atoms with Gasteiger partial charge in [-0.2, -0.15) is 0 Å². The highest BCUT2D eigenvalue weighted by Gasteiger charge is 2.16. The molecule has 1 saturated heterocycles. The predicted octanol–water partition coefficient (Wildman–Crippen LogP) is 2.17. The van der Waals surface area contributed by atoms with E-state index in [1.54, 1.807) is 0 Å². The second-order valence-corrected chi connectivity index (χ2v) is 4.08. The molecule has 0 aromatic heterocycles. The van der Waals surface area contributed by atoms with E-state index in [4.69, 9.17) is 0 Å². The maximum atomic E-state index is 3.26. The van der Waals surface area contributed by atoms with Crippen molar-refractivity contribution in [2.45, 2.75) is 10.1 Å². The molecule has 0 spiro atoms. The van der Waals surface area contributed by atoms with E-state index >= 15 is 0 Å². The molecule has 1 N–H and O–H groups in total. The molecule has 0 unspecified atom stereocenters. The largest absolute Gasteiger partial charge is 0.314 e. The van der Waals surface area contributed by atoms with Crippen molar-refractivity contribution in [2.75, 3.05) is 13.1 Å². The minimum atomic E-state index is 0. The standard InChI is InChI=1S/C9H11NS.ClH/c1-2-4-8(5-3-1)11-9-6-10-7-9;/h1-5,9-10H,6-7H2;1H. The van der Waals surface area contributed by atoms with Gasteiger partial charge in [-0.25, -0.2) is 0 Å². The van der Waals surface area contributed by atoms with E-state index in [1.165, 1.54) is 18.0 Å². The zero-order valence-electron chi connectivity index (χ0n) is 6.69. The minimum absolute atomic E-state index is 0. The Morgan fingerprint density at radius 1 is 1.17 bits per heavy atom. The lowest BCUT2D eigenvalue weighted by molar-refractivity contribution is 0.544. The second kappa shape index (κ2) is 4.75. The van der Waals surface area contributed by atoms with Gasteiger partial charge in [0.1, 0.15) is 0 Å². The average molecular weight is 202 g/mol. The number of thioether (sulfide) groups is 1. The summed E-state index contributed by atoms with van der Waals surface area (Å²) in [5.41, 5.74) is 0. The van der Waals surface area contributed by atoms with Gasteiger partial charge >= 0.3 is 0 Å². The van der Waals surface area contributed by atoms with Crippen LogP contribution in [0.1, 0.15) is 0 Å². The smallest absolute Gasteiger partial charge is 0.0344 e. The van der Waals surface area contributed by atoms with Gasteiger partial charge in [0, 0.05) is 23.2 Å². The van der Waals surface area contributed by atoms with Crippen LogP contribution < -0.4 is 5.32 Å². The van der Waals surface area contributed by atoms with Gasteiger partial charge in [0.25, 0.3) is 0 Å². The molecule has 0 saturated carbocycles. The molecule has 1 aliphatic heterocycles. The van der Waals surface area contributed by atoms with Crippen LogP contribution >= 0.6 is 24.2 Å². The number of halogens is 1. The zero-order valence-corrected chi connectivity index (χ0v) is 8.33. The van der Waals surface area contributed by atoms with Gasteiger partial charge in [0.2, 0.25) is 0 Å². The molecule has 0 amide bonds. The minimum Gasteiger partial charge on any atom is -0.314 e. The molecule has 1 nitrogen and oxygen atoms in total. The summed E-state index contributed by atoms with van der Waals surface area (Å²) in [7, 11) is 0. The summed E-state index contributed by atoms with van der Waals surface area (Å²) in [6.07, 6.45) is 0. The van der Waals surface area contributed by atoms with E-state index in [0.717, 1.165) is 5.25 Å². The molecule has 0 aliphatic carbocycles. The summed E-state index contributed by atoms with van der Waals surface area (Å²) in [4.78, 5) is 1.39. The predicted molar refractivity (Wildman–Crippen MR) is 56.2 cm³/mol. The molecule has 1 fully saturated rings. The Bertz CT molecular complexity index is 223. The third kappa shape index (κ3) is 2.41. The fraction of sp³-hybridized carbons (Fsp3) is 0.333. The summed E-state index contributed by atoms with van der Waals surface area (Å²) in [6, 6.07) is 10.6. The fourth-order valence-corrected chi connectivity index (χ4v) is 2.14. The Morgan fingerprint density at radius 2 is 1.83 bits per heavy atom. The van der Waals surface area contributed by atoms with Crippen LogP contribution in [0.25, 0.3) is 0 Å². The lowest BCUT2D eigenvalue weighted by Crippen LogP contribution is -2.44. The Kier molecular flexibility index (Phi) is 3.92. The third-order valence-electron chi connectivity index (χ3n) is 1.79. The summed E-state index contributed by atoms with van der Waals surface area (Å²) < 4.78 is 0. The van der Waals surface area contributed by atoms with Crippen molar-refractivity contribution < 1.29 is 0 Å². The number of hydrogen-bond acceptors (Lipinski definition) is 2. The topological polar surface area (TPSA) is 12.0 Å². The first-order valence-corrected chi connectivity index (χ1v) is 4.75. The van der Waals surface area contributed by atoms with Crippen molar-refractivity contribution in [3.05, 3.63) is 30.3 Å². The third-order valence-corrected chi connectivity index (χ3v) is 3.00. The van der Waals surface area contributed by atoms with Crippen molar-refractivity contribution in [1.82, 2.24) is 5.32 Å². The average Bonchev–Trinajstić information content (AvgIpc) is 1.99. The molecule has 1 aromatic rings. The SMILES string of the molecule is Cl.c1ccc(SC2CNC2)cc1. The summed E-state index contributed by atoms with van der Waals surface area (Å²) >= 11 is 1.97. The van der Waals surface area contributed by atoms with E-state index in [0.29, 0.717) is 0 Å². The first-order chi connectivity index (χ1) is 5.45. The molecular weight excluding hydrogens is 190 g/mol. The fourth-order valence-electron chi connectivity index (χ4n) is 1.04. The van der Waals surface area contributed by atoms with Crippen molar-refractivity contribution in [3.8, 4) is 0 Å². The Labute approximate surface area is 83.3 Å². The van der Waals surface area contributed by atoms with Crippen molar-refractivity contribution >= 4 is 24.2 Å². The molecule has 66 valence electrons. The number of benzene rings is 1. The van der Waals surface area contributed by atoms with Crippen LogP contribution in [0.15, 0.2) is 35.2 Å². The normalized spacial score (nSPS) is 16.3. The molecule has 12 heavy (non-hydrogen) atoms. The molecule has 1 aliphatic rings. The Morgan fingerprint density at radius 3 is 2.33 bits per heavy atom. The Balaban J connectivity index is 0.000000720. The highest BCUT2D eigenvalue weighted by atomic mass is 35.5. The van der Waals surface area contributed by atoms with Crippen LogP contribution in [0.3, 0.4) is 0 Å². The van der Waals surface area contributed by atoms with Crippen molar-refractivity contribution in [3.63, 3.8) is 0 Å². The highest BCUT2D eigenvalue weighted by Crippen LogP contribution is 2.24. The molecule has 0 bridgehead atoms. The molecule has 3 heteroatoms. The van der Waals surface area contributed by atoms with Crippen LogP contribution in [0, 0.1) is 0 Å². The second-order valence-electron chi connectivity index (χ2n) is 2.71. The van der Waals surface area contributed by atoms with Crippen LogP contribution in [0.2, 0.25) is 0 Å². The van der Waals surface area contributed by atoms with Gasteiger partial charge in [0.05, 0.1) is 0 Å². The van der Waals surface area contributed by atoms with E-state index in [2.05, 4.69) is 35.6 Å². The van der Waals surface area contributed by atoms with E-state index in [-0.39, 0.29) is 12.4 Å². The lowest BCUT2D eigenvalue weighted by atomic mass is 10.3. The first kappa shape index (κ1) is 9.90. The van der Waals surface area contributed by atoms with Crippen molar-refractivity contribution in [2.24, 2.45) is 0 Å². The molecule has 1 aromatic carbocycles. The van der Waals surface area contributed by atoms with Gasteiger partial charge in [0.15, 0.2) is 0 Å². The van der Waals surface area contributed by atoms with Crippen LogP contribution in [0.4, 0.5) is 0 Å². The van der Waals surface area contributed by atoms with E-state index in [9.17, 15) is 0 Å².